The van der Waals surface area contributed by atoms with E-state index < -0.39 is 11.8 Å². The van der Waals surface area contributed by atoms with E-state index in [1.807, 2.05) is 30.5 Å². The van der Waals surface area contributed by atoms with E-state index in [1.165, 1.54) is 12.1 Å². The van der Waals surface area contributed by atoms with Crippen molar-refractivity contribution in [3.05, 3.63) is 64.3 Å². The Balaban J connectivity index is 1.54. The largest absolute Gasteiger partial charge is 0.361 e. The summed E-state index contributed by atoms with van der Waals surface area (Å²) in [7, 11) is 0. The molecule has 0 bridgehead atoms. The van der Waals surface area contributed by atoms with E-state index in [0.29, 0.717) is 28.7 Å². The van der Waals surface area contributed by atoms with Crippen molar-refractivity contribution in [1.82, 2.24) is 10.3 Å². The maximum absolute atomic E-state index is 11.9. The van der Waals surface area contributed by atoms with Gasteiger partial charge in [0.15, 0.2) is 0 Å². The Morgan fingerprint density at radius 1 is 1.00 bits per heavy atom. The summed E-state index contributed by atoms with van der Waals surface area (Å²) in [6.45, 7) is 0.352. The van der Waals surface area contributed by atoms with Gasteiger partial charge in [-0.05, 0) is 36.2 Å². The lowest BCUT2D eigenvalue weighted by atomic mass is 10.1. The SMILES string of the molecule is O=C(NCCc1c[nH]c2ccccc12)C(=O)Nc1cc(Cl)cc(Cl)c1. The summed E-state index contributed by atoms with van der Waals surface area (Å²) in [5.74, 6) is -1.48. The van der Waals surface area contributed by atoms with Crippen LogP contribution in [-0.2, 0) is 16.0 Å². The second-order valence-electron chi connectivity index (χ2n) is 5.48. The molecule has 3 aromatic rings. The van der Waals surface area contributed by atoms with Crippen LogP contribution in [0.25, 0.3) is 10.9 Å². The van der Waals surface area contributed by atoms with Gasteiger partial charge >= 0.3 is 11.8 Å². The molecule has 0 atom stereocenters. The number of hydrogen-bond donors (Lipinski definition) is 3. The molecule has 0 saturated heterocycles. The molecule has 0 aliphatic rings. The van der Waals surface area contributed by atoms with Crippen molar-refractivity contribution in [3.8, 4) is 0 Å². The van der Waals surface area contributed by atoms with E-state index in [-0.39, 0.29) is 0 Å². The highest BCUT2D eigenvalue weighted by Crippen LogP contribution is 2.22. The van der Waals surface area contributed by atoms with Crippen molar-refractivity contribution < 1.29 is 9.59 Å². The van der Waals surface area contributed by atoms with Crippen molar-refractivity contribution in [2.24, 2.45) is 0 Å². The van der Waals surface area contributed by atoms with Gasteiger partial charge in [-0.15, -0.1) is 0 Å². The lowest BCUT2D eigenvalue weighted by Gasteiger charge is -2.07. The fraction of sp³-hybridized carbons (Fsp3) is 0.111. The van der Waals surface area contributed by atoms with Crippen molar-refractivity contribution in [3.63, 3.8) is 0 Å². The van der Waals surface area contributed by atoms with E-state index in [0.717, 1.165) is 16.5 Å². The Kier molecular flexibility index (Phi) is 5.26. The first-order valence-corrected chi connectivity index (χ1v) is 8.39. The zero-order valence-electron chi connectivity index (χ0n) is 13.1. The normalized spacial score (nSPS) is 10.6. The number of aromatic nitrogens is 1. The molecule has 1 aromatic heterocycles. The Labute approximate surface area is 154 Å². The fourth-order valence-electron chi connectivity index (χ4n) is 2.54. The van der Waals surface area contributed by atoms with Crippen LogP contribution in [0.1, 0.15) is 5.56 Å². The van der Waals surface area contributed by atoms with Gasteiger partial charge in [0.25, 0.3) is 0 Å². The van der Waals surface area contributed by atoms with Gasteiger partial charge in [0.1, 0.15) is 0 Å². The molecule has 0 spiro atoms. The smallest absolute Gasteiger partial charge is 0.313 e. The van der Waals surface area contributed by atoms with Gasteiger partial charge in [0.2, 0.25) is 0 Å². The van der Waals surface area contributed by atoms with E-state index in [9.17, 15) is 9.59 Å². The van der Waals surface area contributed by atoms with Crippen molar-refractivity contribution in [2.75, 3.05) is 11.9 Å². The van der Waals surface area contributed by atoms with Gasteiger partial charge in [-0.25, -0.2) is 0 Å². The summed E-state index contributed by atoms with van der Waals surface area (Å²) in [5.41, 5.74) is 2.49. The predicted octanol–water partition coefficient (Wildman–Crippen LogP) is 3.77. The first-order chi connectivity index (χ1) is 12.0. The molecule has 3 N–H and O–H groups in total. The monoisotopic (exact) mass is 375 g/mol. The zero-order valence-corrected chi connectivity index (χ0v) is 14.6. The molecule has 1 heterocycles. The molecule has 3 rings (SSSR count). The average Bonchev–Trinajstić information content (AvgIpc) is 2.97. The number of amides is 2. The highest BCUT2D eigenvalue weighted by atomic mass is 35.5. The van der Waals surface area contributed by atoms with Crippen LogP contribution in [0.15, 0.2) is 48.7 Å². The van der Waals surface area contributed by atoms with Gasteiger partial charge < -0.3 is 15.6 Å². The Morgan fingerprint density at radius 2 is 1.72 bits per heavy atom. The van der Waals surface area contributed by atoms with E-state index in [2.05, 4.69) is 15.6 Å². The molecule has 7 heteroatoms. The second-order valence-corrected chi connectivity index (χ2v) is 6.35. The number of anilines is 1. The minimum atomic E-state index is -0.766. The molecule has 5 nitrogen and oxygen atoms in total. The van der Waals surface area contributed by atoms with E-state index in [4.69, 9.17) is 23.2 Å². The topological polar surface area (TPSA) is 74.0 Å². The molecule has 0 saturated carbocycles. The number of H-pyrrole nitrogens is 1. The third-order valence-corrected chi connectivity index (χ3v) is 4.12. The third-order valence-electron chi connectivity index (χ3n) is 3.68. The first kappa shape index (κ1) is 17.3. The maximum atomic E-state index is 11.9. The number of para-hydroxylation sites is 1. The maximum Gasteiger partial charge on any atom is 0.313 e. The van der Waals surface area contributed by atoms with Crippen LogP contribution >= 0.6 is 23.2 Å². The lowest BCUT2D eigenvalue weighted by molar-refractivity contribution is -0.136. The predicted molar refractivity (Wildman–Crippen MR) is 100 cm³/mol. The summed E-state index contributed by atoms with van der Waals surface area (Å²) in [5, 5.41) is 6.94. The van der Waals surface area contributed by atoms with Crippen LogP contribution in [-0.4, -0.2) is 23.3 Å². The first-order valence-electron chi connectivity index (χ1n) is 7.63. The molecular weight excluding hydrogens is 361 g/mol. The van der Waals surface area contributed by atoms with E-state index in [1.54, 1.807) is 6.07 Å². The van der Waals surface area contributed by atoms with Gasteiger partial charge in [-0.1, -0.05) is 41.4 Å². The van der Waals surface area contributed by atoms with Crippen LogP contribution < -0.4 is 10.6 Å². The lowest BCUT2D eigenvalue weighted by Crippen LogP contribution is -2.36. The molecule has 0 fully saturated rings. The van der Waals surface area contributed by atoms with Crippen LogP contribution in [0, 0.1) is 0 Å². The Hall–Kier alpha value is -2.50. The third kappa shape index (κ3) is 4.32. The average molecular weight is 376 g/mol. The van der Waals surface area contributed by atoms with Gasteiger partial charge in [-0.3, -0.25) is 9.59 Å². The molecule has 0 aliphatic heterocycles. The summed E-state index contributed by atoms with van der Waals surface area (Å²) < 4.78 is 0. The minimum Gasteiger partial charge on any atom is -0.361 e. The summed E-state index contributed by atoms with van der Waals surface area (Å²) in [6.07, 6.45) is 2.52. The number of hydrogen-bond acceptors (Lipinski definition) is 2. The van der Waals surface area contributed by atoms with Gasteiger partial charge in [0.05, 0.1) is 0 Å². The second kappa shape index (κ2) is 7.59. The standard InChI is InChI=1S/C18H15Cl2N3O2/c19-12-7-13(20)9-14(8-12)23-18(25)17(24)21-6-5-11-10-22-16-4-2-1-3-15(11)16/h1-4,7-10,22H,5-6H2,(H,21,24)(H,23,25). The quantitative estimate of drug-likeness (QED) is 0.607. The van der Waals surface area contributed by atoms with Crippen molar-refractivity contribution >= 4 is 51.6 Å². The van der Waals surface area contributed by atoms with Gasteiger partial charge in [0, 0.05) is 39.4 Å². The summed E-state index contributed by atoms with van der Waals surface area (Å²) in [4.78, 5) is 27.0. The molecule has 25 heavy (non-hydrogen) atoms. The number of benzene rings is 2. The molecule has 0 unspecified atom stereocenters. The Morgan fingerprint density at radius 3 is 2.48 bits per heavy atom. The highest BCUT2D eigenvalue weighted by Gasteiger charge is 2.14. The van der Waals surface area contributed by atoms with Crippen LogP contribution in [0.4, 0.5) is 5.69 Å². The minimum absolute atomic E-state index is 0.352. The highest BCUT2D eigenvalue weighted by molar-refractivity contribution is 6.40. The summed E-state index contributed by atoms with van der Waals surface area (Å²) >= 11 is 11.7. The van der Waals surface area contributed by atoms with Gasteiger partial charge in [-0.2, -0.15) is 0 Å². The zero-order chi connectivity index (χ0) is 17.8. The summed E-state index contributed by atoms with van der Waals surface area (Å²) in [6, 6.07) is 12.5. The number of nitrogens with one attached hydrogen (secondary N) is 3. The molecule has 0 radical (unpaired) electrons. The number of fused-ring (bicyclic) bond motifs is 1. The van der Waals surface area contributed by atoms with Crippen LogP contribution in [0.5, 0.6) is 0 Å². The van der Waals surface area contributed by atoms with Crippen molar-refractivity contribution in [1.29, 1.82) is 0 Å². The molecule has 2 aromatic carbocycles. The van der Waals surface area contributed by atoms with Crippen LogP contribution in [0.3, 0.4) is 0 Å². The molecular formula is C18H15Cl2N3O2. The number of halogens is 2. The number of aromatic amines is 1. The van der Waals surface area contributed by atoms with Crippen molar-refractivity contribution in [2.45, 2.75) is 6.42 Å². The van der Waals surface area contributed by atoms with Crippen LogP contribution in [0.2, 0.25) is 10.0 Å². The molecule has 0 aliphatic carbocycles. The Bertz CT molecular complexity index is 917. The number of carbonyl (C=O) groups excluding carboxylic acids is 2. The fourth-order valence-corrected chi connectivity index (χ4v) is 3.07. The number of carbonyl (C=O) groups is 2. The van der Waals surface area contributed by atoms with E-state index >= 15 is 0 Å². The molecule has 2 amide bonds. The molecule has 128 valence electrons. The number of rotatable bonds is 4.